The second kappa shape index (κ2) is 7.09. The van der Waals surface area contributed by atoms with E-state index in [4.69, 9.17) is 16.3 Å². The van der Waals surface area contributed by atoms with Crippen molar-refractivity contribution >= 4 is 21.6 Å². The molecule has 0 saturated heterocycles. The lowest BCUT2D eigenvalue weighted by Gasteiger charge is -2.25. The number of methoxy groups -OCH3 is 1. The van der Waals surface area contributed by atoms with Gasteiger partial charge in [0.15, 0.2) is 0 Å². The maximum atomic E-state index is 11.4. The second-order valence-electron chi connectivity index (χ2n) is 4.33. The highest BCUT2D eigenvalue weighted by atomic mass is 35.5. The number of halogens is 1. The molecular formula is C12H19ClN2O3S. The van der Waals surface area contributed by atoms with E-state index in [0.717, 1.165) is 11.3 Å². The van der Waals surface area contributed by atoms with Crippen LogP contribution in [0.4, 0.5) is 0 Å². The summed E-state index contributed by atoms with van der Waals surface area (Å²) in [4.78, 5) is 1.94. The summed E-state index contributed by atoms with van der Waals surface area (Å²) in [7, 11) is 1.96. The van der Waals surface area contributed by atoms with Gasteiger partial charge in [-0.15, -0.1) is 11.6 Å². The monoisotopic (exact) mass is 306 g/mol. The van der Waals surface area contributed by atoms with Crippen molar-refractivity contribution in [2.24, 2.45) is 0 Å². The first-order valence-corrected chi connectivity index (χ1v) is 7.92. The van der Waals surface area contributed by atoms with Gasteiger partial charge in [0, 0.05) is 12.6 Å². The molecule has 19 heavy (non-hydrogen) atoms. The fourth-order valence-corrected chi connectivity index (χ4v) is 2.41. The van der Waals surface area contributed by atoms with Gasteiger partial charge in [-0.3, -0.25) is 0 Å². The van der Waals surface area contributed by atoms with Gasteiger partial charge in [-0.2, -0.15) is 0 Å². The van der Waals surface area contributed by atoms with Gasteiger partial charge in [0.05, 0.1) is 7.11 Å². The molecule has 1 atom stereocenters. The third-order valence-corrected chi connectivity index (χ3v) is 4.50. The summed E-state index contributed by atoms with van der Waals surface area (Å²) in [6.07, 6.45) is 0. The van der Waals surface area contributed by atoms with Crippen molar-refractivity contribution in [3.63, 3.8) is 0 Å². The fourth-order valence-electron chi connectivity index (χ4n) is 1.69. The molecule has 0 aliphatic rings. The van der Waals surface area contributed by atoms with Crippen LogP contribution in [0, 0.1) is 0 Å². The smallest absolute Gasteiger partial charge is 0.225 e. The Labute approximate surface area is 119 Å². The molecule has 0 heterocycles. The summed E-state index contributed by atoms with van der Waals surface area (Å²) < 4.78 is 30.4. The summed E-state index contributed by atoms with van der Waals surface area (Å²) in [6.45, 7) is 0.259. The Morgan fingerprint density at radius 2 is 2.11 bits per heavy atom. The molecule has 1 aromatic carbocycles. The Balaban J connectivity index is 2.88. The van der Waals surface area contributed by atoms with Crippen LogP contribution < -0.4 is 9.46 Å². The topological polar surface area (TPSA) is 58.6 Å². The quantitative estimate of drug-likeness (QED) is 0.774. The van der Waals surface area contributed by atoms with E-state index in [2.05, 4.69) is 4.72 Å². The summed E-state index contributed by atoms with van der Waals surface area (Å²) in [5.41, 5.74) is 0.974. The Morgan fingerprint density at radius 3 is 2.63 bits per heavy atom. The van der Waals surface area contributed by atoms with Crippen molar-refractivity contribution in [1.82, 2.24) is 9.62 Å². The van der Waals surface area contributed by atoms with Crippen molar-refractivity contribution in [2.75, 3.05) is 33.0 Å². The van der Waals surface area contributed by atoms with Gasteiger partial charge in [-0.1, -0.05) is 12.1 Å². The van der Waals surface area contributed by atoms with Crippen LogP contribution in [0.2, 0.25) is 0 Å². The maximum Gasteiger partial charge on any atom is 0.225 e. The molecule has 1 rings (SSSR count). The van der Waals surface area contributed by atoms with Crippen LogP contribution in [0.3, 0.4) is 0 Å². The number of hydrogen-bond acceptors (Lipinski definition) is 4. The highest BCUT2D eigenvalue weighted by molar-refractivity contribution is 7.90. The van der Waals surface area contributed by atoms with Crippen molar-refractivity contribution in [3.05, 3.63) is 29.8 Å². The van der Waals surface area contributed by atoms with Gasteiger partial charge >= 0.3 is 0 Å². The first-order valence-electron chi connectivity index (χ1n) is 5.73. The number of sulfonamides is 1. The Morgan fingerprint density at radius 1 is 1.42 bits per heavy atom. The zero-order chi connectivity index (χ0) is 14.5. The Hall–Kier alpha value is -0.820. The number of likely N-dealkylation sites (N-methyl/N-ethyl adjacent to an activating group) is 1. The Kier molecular flexibility index (Phi) is 6.06. The van der Waals surface area contributed by atoms with Gasteiger partial charge in [0.1, 0.15) is 11.0 Å². The number of ether oxygens (including phenoxy) is 1. The SMILES string of the molecule is COc1cccc(C(CNS(=O)(=O)CCl)N(C)C)c1. The molecule has 0 amide bonds. The highest BCUT2D eigenvalue weighted by Gasteiger charge is 2.18. The van der Waals surface area contributed by atoms with Crippen LogP contribution in [0.5, 0.6) is 5.75 Å². The number of rotatable bonds is 7. The average Bonchev–Trinajstić information content (AvgIpc) is 2.38. The predicted molar refractivity (Wildman–Crippen MR) is 77.1 cm³/mol. The van der Waals surface area contributed by atoms with Crippen molar-refractivity contribution in [1.29, 1.82) is 0 Å². The van der Waals surface area contributed by atoms with E-state index in [0.29, 0.717) is 0 Å². The third-order valence-electron chi connectivity index (χ3n) is 2.74. The van der Waals surface area contributed by atoms with Gasteiger partial charge < -0.3 is 9.64 Å². The lowest BCUT2D eigenvalue weighted by Crippen LogP contribution is -2.34. The zero-order valence-electron chi connectivity index (χ0n) is 11.3. The van der Waals surface area contributed by atoms with Gasteiger partial charge in [-0.05, 0) is 31.8 Å². The molecule has 1 N–H and O–H groups in total. The first kappa shape index (κ1) is 16.2. The second-order valence-corrected chi connectivity index (χ2v) is 6.72. The van der Waals surface area contributed by atoms with Gasteiger partial charge in [-0.25, -0.2) is 13.1 Å². The van der Waals surface area contributed by atoms with E-state index in [9.17, 15) is 8.42 Å². The molecule has 0 fully saturated rings. The molecule has 7 heteroatoms. The Bertz CT molecular complexity index is 505. The number of hydrogen-bond donors (Lipinski definition) is 1. The van der Waals surface area contributed by atoms with Crippen molar-refractivity contribution in [3.8, 4) is 5.75 Å². The van der Waals surface area contributed by atoms with E-state index < -0.39 is 15.2 Å². The molecule has 0 aliphatic carbocycles. The number of alkyl halides is 1. The summed E-state index contributed by atoms with van der Waals surface area (Å²) in [5, 5.41) is -0.439. The fraction of sp³-hybridized carbons (Fsp3) is 0.500. The minimum atomic E-state index is -3.41. The lowest BCUT2D eigenvalue weighted by molar-refractivity contribution is 0.298. The van der Waals surface area contributed by atoms with Crippen LogP contribution in [-0.2, 0) is 10.0 Å². The normalized spacial score (nSPS) is 13.5. The standard InChI is InChI=1S/C12H19ClN2O3S/c1-15(2)12(8-14-19(16,17)9-13)10-5-4-6-11(7-10)18-3/h4-7,12,14H,8-9H2,1-3H3. The zero-order valence-corrected chi connectivity index (χ0v) is 12.8. The molecule has 1 unspecified atom stereocenters. The van der Waals surface area contributed by atoms with Crippen molar-refractivity contribution < 1.29 is 13.2 Å². The molecule has 0 saturated carbocycles. The predicted octanol–water partition coefficient (Wildman–Crippen LogP) is 1.41. The average molecular weight is 307 g/mol. The van der Waals surface area contributed by atoms with E-state index >= 15 is 0 Å². The van der Waals surface area contributed by atoms with Crippen LogP contribution >= 0.6 is 11.6 Å². The molecule has 0 bridgehead atoms. The van der Waals surface area contributed by atoms with Crippen LogP contribution in [0.1, 0.15) is 11.6 Å². The van der Waals surface area contributed by atoms with E-state index in [1.807, 2.05) is 43.3 Å². The minimum absolute atomic E-state index is 0.0897. The van der Waals surface area contributed by atoms with Crippen LogP contribution in [-0.4, -0.2) is 46.3 Å². The van der Waals surface area contributed by atoms with Gasteiger partial charge in [0.2, 0.25) is 10.0 Å². The molecule has 0 spiro atoms. The van der Waals surface area contributed by atoms with Crippen LogP contribution in [0.25, 0.3) is 0 Å². The van der Waals surface area contributed by atoms with E-state index in [1.165, 1.54) is 0 Å². The van der Waals surface area contributed by atoms with Crippen LogP contribution in [0.15, 0.2) is 24.3 Å². The third kappa shape index (κ3) is 4.99. The summed E-state index contributed by atoms with van der Waals surface area (Å²) in [5.74, 6) is 0.740. The molecule has 0 aromatic heterocycles. The summed E-state index contributed by atoms with van der Waals surface area (Å²) >= 11 is 5.37. The largest absolute Gasteiger partial charge is 0.497 e. The van der Waals surface area contributed by atoms with E-state index in [-0.39, 0.29) is 12.6 Å². The van der Waals surface area contributed by atoms with Crippen molar-refractivity contribution in [2.45, 2.75) is 6.04 Å². The molecule has 108 valence electrons. The minimum Gasteiger partial charge on any atom is -0.497 e. The van der Waals surface area contributed by atoms with E-state index in [1.54, 1.807) is 7.11 Å². The number of nitrogens with zero attached hydrogens (tertiary/aromatic N) is 1. The maximum absolute atomic E-state index is 11.4. The summed E-state index contributed by atoms with van der Waals surface area (Å²) in [6, 6.07) is 7.45. The molecular weight excluding hydrogens is 288 g/mol. The first-order chi connectivity index (χ1) is 8.89. The molecule has 0 aliphatic heterocycles. The molecule has 1 aromatic rings. The number of nitrogens with one attached hydrogen (secondary N) is 1. The van der Waals surface area contributed by atoms with Gasteiger partial charge in [0.25, 0.3) is 0 Å². The molecule has 5 nitrogen and oxygen atoms in total. The lowest BCUT2D eigenvalue weighted by atomic mass is 10.1. The number of benzene rings is 1. The molecule has 0 radical (unpaired) electrons. The highest BCUT2D eigenvalue weighted by Crippen LogP contribution is 2.22.